The smallest absolute Gasteiger partial charge is 0.191 e. The SMILES string of the molecule is CCNC(=NCC(c1cccs1)N(C)C)NC(C)CC. The topological polar surface area (TPSA) is 39.7 Å². The molecule has 1 rings (SSSR count). The van der Waals surface area contributed by atoms with Gasteiger partial charge in [0.05, 0.1) is 12.6 Å². The largest absolute Gasteiger partial charge is 0.357 e. The van der Waals surface area contributed by atoms with E-state index < -0.39 is 0 Å². The quantitative estimate of drug-likeness (QED) is 0.600. The summed E-state index contributed by atoms with van der Waals surface area (Å²) < 4.78 is 0. The Morgan fingerprint density at radius 1 is 1.40 bits per heavy atom. The van der Waals surface area contributed by atoms with Gasteiger partial charge in [-0.25, -0.2) is 0 Å². The summed E-state index contributed by atoms with van der Waals surface area (Å²) in [4.78, 5) is 8.32. The van der Waals surface area contributed by atoms with E-state index in [2.05, 4.69) is 67.9 Å². The van der Waals surface area contributed by atoms with Crippen molar-refractivity contribution < 1.29 is 0 Å². The number of hydrogen-bond donors (Lipinski definition) is 2. The molecule has 0 aliphatic heterocycles. The Balaban J connectivity index is 2.72. The summed E-state index contributed by atoms with van der Waals surface area (Å²) in [6.07, 6.45) is 1.09. The number of hydrogen-bond acceptors (Lipinski definition) is 3. The Kier molecular flexibility index (Phi) is 7.62. The van der Waals surface area contributed by atoms with Gasteiger partial charge in [0.15, 0.2) is 5.96 Å². The molecule has 0 amide bonds. The van der Waals surface area contributed by atoms with Crippen LogP contribution < -0.4 is 10.6 Å². The summed E-state index contributed by atoms with van der Waals surface area (Å²) in [6, 6.07) is 5.05. The lowest BCUT2D eigenvalue weighted by atomic mass is 10.2. The van der Waals surface area contributed by atoms with Crippen LogP contribution in [0.2, 0.25) is 0 Å². The van der Waals surface area contributed by atoms with Crippen molar-refractivity contribution in [1.29, 1.82) is 0 Å². The molecule has 0 saturated carbocycles. The van der Waals surface area contributed by atoms with E-state index in [1.54, 1.807) is 11.3 Å². The van der Waals surface area contributed by atoms with Gasteiger partial charge in [-0.2, -0.15) is 0 Å². The van der Waals surface area contributed by atoms with Gasteiger partial charge in [-0.15, -0.1) is 11.3 Å². The molecule has 0 spiro atoms. The van der Waals surface area contributed by atoms with Crippen LogP contribution in [0.4, 0.5) is 0 Å². The van der Waals surface area contributed by atoms with E-state index >= 15 is 0 Å². The zero-order valence-electron chi connectivity index (χ0n) is 13.3. The van der Waals surface area contributed by atoms with Gasteiger partial charge in [0.25, 0.3) is 0 Å². The number of rotatable bonds is 7. The Bertz CT molecular complexity index is 387. The highest BCUT2D eigenvalue weighted by atomic mass is 32.1. The Labute approximate surface area is 127 Å². The third kappa shape index (κ3) is 5.51. The van der Waals surface area contributed by atoms with Gasteiger partial charge >= 0.3 is 0 Å². The van der Waals surface area contributed by atoms with Crippen LogP contribution in [-0.4, -0.2) is 44.1 Å². The van der Waals surface area contributed by atoms with E-state index in [1.165, 1.54) is 4.88 Å². The summed E-state index contributed by atoms with van der Waals surface area (Å²) in [7, 11) is 4.21. The molecule has 0 fully saturated rings. The van der Waals surface area contributed by atoms with Gasteiger partial charge in [-0.05, 0) is 45.8 Å². The van der Waals surface area contributed by atoms with Gasteiger partial charge in [0.2, 0.25) is 0 Å². The first-order chi connectivity index (χ1) is 9.58. The van der Waals surface area contributed by atoms with E-state index in [0.29, 0.717) is 12.1 Å². The standard InChI is InChI=1S/C15H28N4S/c1-6-12(3)18-15(16-7-2)17-11-13(19(4)5)14-9-8-10-20-14/h8-10,12-13H,6-7,11H2,1-5H3,(H2,16,17,18). The second-order valence-electron chi connectivity index (χ2n) is 5.17. The molecule has 0 aliphatic rings. The number of nitrogens with one attached hydrogen (secondary N) is 2. The van der Waals surface area contributed by atoms with Crippen molar-refractivity contribution in [2.45, 2.75) is 39.3 Å². The molecule has 20 heavy (non-hydrogen) atoms. The third-order valence-corrected chi connectivity index (χ3v) is 4.23. The average Bonchev–Trinajstić information content (AvgIpc) is 2.92. The van der Waals surface area contributed by atoms with Gasteiger partial charge in [0.1, 0.15) is 0 Å². The summed E-state index contributed by atoms with van der Waals surface area (Å²) in [6.45, 7) is 8.09. The first kappa shape index (κ1) is 17.0. The number of nitrogens with zero attached hydrogens (tertiary/aromatic N) is 2. The predicted octanol–water partition coefficient (Wildman–Crippen LogP) is 2.70. The summed E-state index contributed by atoms with van der Waals surface area (Å²) in [5.41, 5.74) is 0. The maximum atomic E-state index is 4.74. The second kappa shape index (κ2) is 8.97. The molecule has 4 nitrogen and oxygen atoms in total. The lowest BCUT2D eigenvalue weighted by Gasteiger charge is -2.23. The van der Waals surface area contributed by atoms with Gasteiger partial charge < -0.3 is 15.5 Å². The molecule has 0 bridgehead atoms. The van der Waals surface area contributed by atoms with Gasteiger partial charge in [-0.1, -0.05) is 13.0 Å². The molecule has 1 aromatic rings. The van der Waals surface area contributed by atoms with Crippen molar-refractivity contribution in [1.82, 2.24) is 15.5 Å². The highest BCUT2D eigenvalue weighted by Gasteiger charge is 2.15. The Hall–Kier alpha value is -1.07. The molecule has 5 heteroatoms. The molecule has 0 aromatic carbocycles. The van der Waals surface area contributed by atoms with Crippen LogP contribution in [0.3, 0.4) is 0 Å². The fourth-order valence-electron chi connectivity index (χ4n) is 1.82. The van der Waals surface area contributed by atoms with Gasteiger partial charge in [-0.3, -0.25) is 4.99 Å². The number of aliphatic imine (C=N–C) groups is 1. The second-order valence-corrected chi connectivity index (χ2v) is 6.15. The molecule has 0 saturated heterocycles. The molecule has 1 aromatic heterocycles. The minimum Gasteiger partial charge on any atom is -0.357 e. The first-order valence-electron chi connectivity index (χ1n) is 7.33. The van der Waals surface area contributed by atoms with Crippen LogP contribution in [-0.2, 0) is 0 Å². The highest BCUT2D eigenvalue weighted by molar-refractivity contribution is 7.10. The highest BCUT2D eigenvalue weighted by Crippen LogP contribution is 2.23. The zero-order chi connectivity index (χ0) is 15.0. The summed E-state index contributed by atoms with van der Waals surface area (Å²) in [5, 5.41) is 8.87. The minimum atomic E-state index is 0.336. The molecule has 0 aliphatic carbocycles. The lowest BCUT2D eigenvalue weighted by Crippen LogP contribution is -2.42. The normalized spacial score (nSPS) is 15.2. The molecule has 114 valence electrons. The maximum absolute atomic E-state index is 4.74. The van der Waals surface area contributed by atoms with E-state index in [9.17, 15) is 0 Å². The number of guanidine groups is 1. The van der Waals surface area contributed by atoms with Gasteiger partial charge in [0, 0.05) is 17.5 Å². The predicted molar refractivity (Wildman–Crippen MR) is 89.6 cm³/mol. The van der Waals surface area contributed by atoms with Crippen molar-refractivity contribution in [3.05, 3.63) is 22.4 Å². The summed E-state index contributed by atoms with van der Waals surface area (Å²) >= 11 is 1.79. The molecule has 1 heterocycles. The van der Waals surface area contributed by atoms with Crippen LogP contribution in [0, 0.1) is 0 Å². The van der Waals surface area contributed by atoms with Crippen molar-refractivity contribution in [3.63, 3.8) is 0 Å². The van der Waals surface area contributed by atoms with Crippen LogP contribution in [0.25, 0.3) is 0 Å². The lowest BCUT2D eigenvalue weighted by molar-refractivity contribution is 0.310. The van der Waals surface area contributed by atoms with E-state index in [0.717, 1.165) is 25.5 Å². The number of thiophene rings is 1. The Morgan fingerprint density at radius 3 is 2.65 bits per heavy atom. The van der Waals surface area contributed by atoms with Crippen molar-refractivity contribution in [2.75, 3.05) is 27.2 Å². The molecular formula is C15H28N4S. The first-order valence-corrected chi connectivity index (χ1v) is 8.21. The molecule has 2 N–H and O–H groups in total. The molecule has 0 radical (unpaired) electrons. The monoisotopic (exact) mass is 296 g/mol. The minimum absolute atomic E-state index is 0.336. The zero-order valence-corrected chi connectivity index (χ0v) is 14.1. The van der Waals surface area contributed by atoms with E-state index in [-0.39, 0.29) is 0 Å². The third-order valence-electron chi connectivity index (χ3n) is 3.26. The van der Waals surface area contributed by atoms with Crippen LogP contribution in [0.1, 0.15) is 38.1 Å². The van der Waals surface area contributed by atoms with Crippen molar-refractivity contribution in [2.24, 2.45) is 4.99 Å². The van der Waals surface area contributed by atoms with Crippen LogP contribution in [0.5, 0.6) is 0 Å². The van der Waals surface area contributed by atoms with E-state index in [1.807, 2.05) is 0 Å². The fourth-order valence-corrected chi connectivity index (χ4v) is 2.74. The number of likely N-dealkylation sites (N-methyl/N-ethyl adjacent to an activating group) is 1. The molecule has 2 unspecified atom stereocenters. The summed E-state index contributed by atoms with van der Waals surface area (Å²) in [5.74, 6) is 0.908. The van der Waals surface area contributed by atoms with Crippen molar-refractivity contribution in [3.8, 4) is 0 Å². The molecule has 2 atom stereocenters. The average molecular weight is 296 g/mol. The Morgan fingerprint density at radius 2 is 2.15 bits per heavy atom. The van der Waals surface area contributed by atoms with Crippen molar-refractivity contribution >= 4 is 17.3 Å². The maximum Gasteiger partial charge on any atom is 0.191 e. The molecular weight excluding hydrogens is 268 g/mol. The fraction of sp³-hybridized carbons (Fsp3) is 0.667. The van der Waals surface area contributed by atoms with Crippen LogP contribution in [0.15, 0.2) is 22.5 Å². The van der Waals surface area contributed by atoms with E-state index in [4.69, 9.17) is 4.99 Å². The van der Waals surface area contributed by atoms with Crippen LogP contribution >= 0.6 is 11.3 Å².